The highest BCUT2D eigenvalue weighted by molar-refractivity contribution is 5.79. The van der Waals surface area contributed by atoms with E-state index in [1.54, 1.807) is 35.1 Å². The molecular weight excluding hydrogens is 658 g/mol. The van der Waals surface area contributed by atoms with Crippen LogP contribution in [0.15, 0.2) is 30.5 Å². The summed E-state index contributed by atoms with van der Waals surface area (Å²) in [5, 5.41) is 65.1. The van der Waals surface area contributed by atoms with Gasteiger partial charge in [0.25, 0.3) is 5.79 Å². The van der Waals surface area contributed by atoms with Gasteiger partial charge in [-0.05, 0) is 30.5 Å². The number of aliphatic hydroxyl groups is 4. The van der Waals surface area contributed by atoms with E-state index < -0.39 is 73.6 Å². The van der Waals surface area contributed by atoms with E-state index in [0.717, 1.165) is 12.8 Å². The molecule has 1 aliphatic heterocycles. The molecule has 7 N–H and O–H groups in total. The van der Waals surface area contributed by atoms with E-state index >= 15 is 0 Å². The molecule has 2 aromatic rings. The predicted molar refractivity (Wildman–Crippen MR) is 173 cm³/mol. The maximum atomic E-state index is 12.5. The first kappa shape index (κ1) is 40.3. The summed E-state index contributed by atoms with van der Waals surface area (Å²) in [6, 6.07) is 5.25. The molecule has 1 aromatic heterocycles. The van der Waals surface area contributed by atoms with Crippen molar-refractivity contribution in [2.24, 2.45) is 0 Å². The van der Waals surface area contributed by atoms with Crippen LogP contribution in [0.4, 0.5) is 0 Å². The average Bonchev–Trinajstić information content (AvgIpc) is 3.56. The fraction of sp³-hybridized carbons (Fsp3) is 0.576. The second-order valence-corrected chi connectivity index (χ2v) is 11.7. The van der Waals surface area contributed by atoms with Gasteiger partial charge in [0.1, 0.15) is 31.1 Å². The van der Waals surface area contributed by atoms with Gasteiger partial charge in [0.2, 0.25) is 18.9 Å². The Morgan fingerprint density at radius 3 is 2.54 bits per heavy atom. The molecule has 274 valence electrons. The average molecular weight is 705 g/mol. The Labute approximate surface area is 289 Å². The number of benzene rings is 1. The Hall–Kier alpha value is -4.12. The van der Waals surface area contributed by atoms with Crippen LogP contribution < -0.4 is 10.6 Å². The quantitative estimate of drug-likeness (QED) is 0.0426. The molecule has 50 heavy (non-hydrogen) atoms. The number of carbonyl (C=O) groups excluding carboxylic acids is 2. The zero-order valence-electron chi connectivity index (χ0n) is 27.7. The van der Waals surface area contributed by atoms with Gasteiger partial charge in [-0.2, -0.15) is 4.74 Å². The summed E-state index contributed by atoms with van der Waals surface area (Å²) in [5.41, 5.74) is 1.96. The van der Waals surface area contributed by atoms with Gasteiger partial charge in [0.15, 0.2) is 0 Å². The van der Waals surface area contributed by atoms with Crippen LogP contribution in [0.25, 0.3) is 0 Å². The van der Waals surface area contributed by atoms with Gasteiger partial charge in [-0.3, -0.25) is 14.3 Å². The summed E-state index contributed by atoms with van der Waals surface area (Å²) in [6.07, 6.45) is 2.05. The van der Waals surface area contributed by atoms with Crippen molar-refractivity contribution in [3.8, 4) is 12.3 Å². The van der Waals surface area contributed by atoms with E-state index in [1.165, 1.54) is 0 Å². The van der Waals surface area contributed by atoms with E-state index in [1.807, 2.05) is 0 Å². The van der Waals surface area contributed by atoms with E-state index in [9.17, 15) is 39.9 Å². The fourth-order valence-electron chi connectivity index (χ4n) is 5.25. The lowest BCUT2D eigenvalue weighted by atomic mass is 9.88. The molecule has 1 aromatic carbocycles. The van der Waals surface area contributed by atoms with Gasteiger partial charge in [0, 0.05) is 25.1 Å². The van der Waals surface area contributed by atoms with Crippen LogP contribution in [0.5, 0.6) is 0 Å². The molecule has 0 aliphatic carbocycles. The highest BCUT2D eigenvalue weighted by atomic mass is 16.7. The number of aromatic nitrogens is 3. The number of aliphatic carboxylic acids is 1. The Morgan fingerprint density at radius 1 is 1.12 bits per heavy atom. The molecule has 0 unspecified atom stereocenters. The lowest BCUT2D eigenvalue weighted by molar-refractivity contribution is -0.310. The number of nitrogens with zero attached hydrogens (tertiary/aromatic N) is 3. The van der Waals surface area contributed by atoms with Crippen molar-refractivity contribution in [2.45, 2.75) is 87.9 Å². The normalized spacial score (nSPS) is 21.5. The molecule has 2 heterocycles. The molecule has 1 aliphatic rings. The molecule has 3 rings (SSSR count). The summed E-state index contributed by atoms with van der Waals surface area (Å²) >= 11 is 0. The standard InChI is InChI=1S/C33H45N5O12/c1-3-22-8-10-23(11-9-22)16-27(42)34-18-26(41)30(44)31-29(35-28(43)20-39)25(40)17-33(50-31,32(45)46)49-13-7-5-4-6-12-38-19-24(36-37-38)21-48-15-14-47-2/h1,8-11,19,25-26,29-31,39-41,44H,2,4-7,12-18,20-21H2,(H2-,34,35,42,43,45,46)/p+1/t25-,26+,29+,30+,31+,33+/m0/s1. The van der Waals surface area contributed by atoms with Crippen molar-refractivity contribution >= 4 is 17.8 Å². The monoisotopic (exact) mass is 704 g/mol. The molecular formula is C33H46N5O12+. The molecule has 1 fully saturated rings. The predicted octanol–water partition coefficient (Wildman–Crippen LogP) is -1.35. The number of aryl methyl sites for hydroxylation is 1. The minimum atomic E-state index is -2.43. The number of amides is 2. The number of unbranched alkanes of at least 4 members (excludes halogenated alkanes) is 3. The Bertz CT molecular complexity index is 1400. The fourth-order valence-corrected chi connectivity index (χ4v) is 5.25. The first-order chi connectivity index (χ1) is 24.0. The highest BCUT2D eigenvalue weighted by Crippen LogP contribution is 2.34. The summed E-state index contributed by atoms with van der Waals surface area (Å²) in [7, 11) is 3.27. The van der Waals surface area contributed by atoms with Crippen LogP contribution in [0.1, 0.15) is 48.9 Å². The van der Waals surface area contributed by atoms with Crippen molar-refractivity contribution in [1.29, 1.82) is 0 Å². The van der Waals surface area contributed by atoms with Gasteiger partial charge in [0.05, 0.1) is 50.7 Å². The Balaban J connectivity index is 1.54. The zero-order chi connectivity index (χ0) is 36.5. The molecule has 0 saturated carbocycles. The minimum Gasteiger partial charge on any atom is -0.477 e. The second-order valence-electron chi connectivity index (χ2n) is 11.7. The molecule has 0 bridgehead atoms. The largest absolute Gasteiger partial charge is 0.477 e. The topological polar surface area (TPSA) is 244 Å². The number of hydrogen-bond acceptors (Lipinski definition) is 13. The van der Waals surface area contributed by atoms with Crippen molar-refractivity contribution in [2.75, 3.05) is 33.0 Å². The van der Waals surface area contributed by atoms with Crippen molar-refractivity contribution < 1.29 is 58.9 Å². The van der Waals surface area contributed by atoms with Crippen LogP contribution >= 0.6 is 0 Å². The van der Waals surface area contributed by atoms with E-state index in [4.69, 9.17) is 20.6 Å². The third-order valence-electron chi connectivity index (χ3n) is 7.92. The van der Waals surface area contributed by atoms with Crippen LogP contribution in [0, 0.1) is 19.5 Å². The Kier molecular flexibility index (Phi) is 16.6. The zero-order valence-corrected chi connectivity index (χ0v) is 27.7. The van der Waals surface area contributed by atoms with Gasteiger partial charge >= 0.3 is 5.97 Å². The van der Waals surface area contributed by atoms with E-state index in [-0.39, 0.29) is 13.0 Å². The minimum absolute atomic E-state index is 0.0532. The number of rotatable bonds is 22. The molecule has 1 saturated heterocycles. The van der Waals surface area contributed by atoms with Gasteiger partial charge in [-0.15, -0.1) is 11.5 Å². The summed E-state index contributed by atoms with van der Waals surface area (Å²) in [6.45, 7) is 0.143. The lowest BCUT2D eigenvalue weighted by Gasteiger charge is -2.46. The summed E-state index contributed by atoms with van der Waals surface area (Å²) in [4.78, 5) is 37.0. The van der Waals surface area contributed by atoms with Crippen molar-refractivity contribution in [3.63, 3.8) is 0 Å². The lowest BCUT2D eigenvalue weighted by Crippen LogP contribution is -2.68. The van der Waals surface area contributed by atoms with Crippen molar-refractivity contribution in [3.05, 3.63) is 54.4 Å². The van der Waals surface area contributed by atoms with Crippen LogP contribution in [-0.4, -0.2) is 128 Å². The summed E-state index contributed by atoms with van der Waals surface area (Å²) < 4.78 is 23.2. The summed E-state index contributed by atoms with van der Waals surface area (Å²) in [5.74, 6) is -2.98. The van der Waals surface area contributed by atoms with Crippen LogP contribution in [0.3, 0.4) is 0 Å². The van der Waals surface area contributed by atoms with Gasteiger partial charge < -0.3 is 50.4 Å². The molecule has 6 atom stereocenters. The maximum absolute atomic E-state index is 12.5. The third kappa shape index (κ3) is 12.3. The van der Waals surface area contributed by atoms with E-state index in [0.29, 0.717) is 56.0 Å². The number of nitrogens with one attached hydrogen (secondary N) is 2. The Morgan fingerprint density at radius 2 is 1.86 bits per heavy atom. The number of carboxylic acids is 1. The van der Waals surface area contributed by atoms with Crippen LogP contribution in [0.2, 0.25) is 0 Å². The number of carboxylic acid groups (broad SMARTS) is 1. The molecule has 0 spiro atoms. The molecule has 2 amide bonds. The SMILES string of the molecule is C#Cc1ccc(CC(=O)NC[C@@H](O)[C@@H](O)[C@@H]2O[C@@](OCCCCCCn3cc(COCCO[CH2+])nn3)(C(=O)O)C[C@H](O)[C@H]2NC(=O)CO)cc1. The number of aliphatic hydroxyl groups excluding tert-OH is 4. The molecule has 0 radical (unpaired) electrons. The van der Waals surface area contributed by atoms with Crippen molar-refractivity contribution in [1.82, 2.24) is 25.6 Å². The van der Waals surface area contributed by atoms with Gasteiger partial charge in [-0.1, -0.05) is 36.1 Å². The highest BCUT2D eigenvalue weighted by Gasteiger charge is 2.55. The number of hydrogen-bond donors (Lipinski definition) is 7. The smallest absolute Gasteiger partial charge is 0.364 e. The number of ether oxygens (including phenoxy) is 4. The first-order valence-electron chi connectivity index (χ1n) is 16.2. The molecule has 17 heteroatoms. The number of carbonyl (C=O) groups is 3. The second kappa shape index (κ2) is 20.5. The maximum Gasteiger partial charge on any atom is 0.364 e. The van der Waals surface area contributed by atoms with Crippen LogP contribution in [-0.2, 0) is 52.9 Å². The third-order valence-corrected chi connectivity index (χ3v) is 7.92. The van der Waals surface area contributed by atoms with Gasteiger partial charge in [-0.25, -0.2) is 4.79 Å². The molecule has 17 nitrogen and oxygen atoms in total. The van der Waals surface area contributed by atoms with E-state index in [2.05, 4.69) is 38.7 Å². The number of terminal acetylenes is 1. The first-order valence-corrected chi connectivity index (χ1v) is 16.2.